The molecule has 1 heterocycles. The number of carbonyl (C=O) groups excluding carboxylic acids is 4. The summed E-state index contributed by atoms with van der Waals surface area (Å²) in [5.41, 5.74) is 5.55. The summed E-state index contributed by atoms with van der Waals surface area (Å²) < 4.78 is -0.731. The minimum absolute atomic E-state index is 0.114. The Kier molecular flexibility index (Phi) is 8.54. The summed E-state index contributed by atoms with van der Waals surface area (Å²) in [6, 6.07) is -1.59. The highest BCUT2D eigenvalue weighted by molar-refractivity contribution is 5.91. The zero-order valence-corrected chi connectivity index (χ0v) is 16.8. The Bertz CT molecular complexity index is 610. The molecule has 2 fully saturated rings. The fourth-order valence-electron chi connectivity index (χ4n) is 4.79. The number of urea groups is 1. The van der Waals surface area contributed by atoms with Gasteiger partial charge in [0.25, 0.3) is 5.91 Å². The summed E-state index contributed by atoms with van der Waals surface area (Å²) in [5.74, 6) is -1.71. The third kappa shape index (κ3) is 5.31. The van der Waals surface area contributed by atoms with Crippen molar-refractivity contribution in [3.63, 3.8) is 0 Å². The molecule has 0 bridgehead atoms. The Balaban J connectivity index is 2.33. The number of rotatable bonds is 10. The largest absolute Gasteiger partial charge is 0.424 e. The molecule has 2 aliphatic rings. The van der Waals surface area contributed by atoms with Crippen LogP contribution in [0.25, 0.3) is 0 Å². The maximum absolute atomic E-state index is 13.7. The molecular weight excluding hydrogens is 380 g/mol. The van der Waals surface area contributed by atoms with Crippen molar-refractivity contribution in [2.45, 2.75) is 57.4 Å². The molecule has 10 nitrogen and oxygen atoms in total. The molecule has 0 radical (unpaired) electrons. The van der Waals surface area contributed by atoms with Gasteiger partial charge in [-0.3, -0.25) is 14.8 Å². The van der Waals surface area contributed by atoms with Gasteiger partial charge in [-0.2, -0.15) is 4.48 Å². The molecule has 0 aromatic carbocycles. The first-order chi connectivity index (χ1) is 13.9. The molecule has 0 spiro atoms. The smallest absolute Gasteiger partial charge is 0.396 e. The lowest BCUT2D eigenvalue weighted by atomic mass is 9.90. The molecule has 1 aliphatic carbocycles. The SMILES string of the molecule is NC(=O)[C@@H]1CCC[N+]1(C(=O)NCCCO)C(=O)[C@H](CC1CCCC1)CN(O)C=O. The number of hydroxylamine groups is 2. The molecule has 1 saturated heterocycles. The van der Waals surface area contributed by atoms with E-state index in [0.29, 0.717) is 30.7 Å². The summed E-state index contributed by atoms with van der Waals surface area (Å²) in [7, 11) is 0. The average Bonchev–Trinajstić information content (AvgIpc) is 3.37. The van der Waals surface area contributed by atoms with E-state index in [1.54, 1.807) is 0 Å². The molecule has 0 aromatic heterocycles. The van der Waals surface area contributed by atoms with Crippen LogP contribution in [0.5, 0.6) is 0 Å². The molecule has 1 saturated carbocycles. The molecule has 164 valence electrons. The lowest BCUT2D eigenvalue weighted by Crippen LogP contribution is -2.68. The van der Waals surface area contributed by atoms with Crippen LogP contribution in [0.15, 0.2) is 0 Å². The minimum Gasteiger partial charge on any atom is -0.396 e. The van der Waals surface area contributed by atoms with Crippen LogP contribution < -0.4 is 11.1 Å². The van der Waals surface area contributed by atoms with Crippen LogP contribution >= 0.6 is 0 Å². The van der Waals surface area contributed by atoms with E-state index in [2.05, 4.69) is 5.32 Å². The number of hydrogen-bond donors (Lipinski definition) is 4. The van der Waals surface area contributed by atoms with E-state index in [1.165, 1.54) is 0 Å². The van der Waals surface area contributed by atoms with E-state index in [0.717, 1.165) is 25.7 Å². The third-order valence-electron chi connectivity index (χ3n) is 6.19. The van der Waals surface area contributed by atoms with Gasteiger partial charge in [-0.25, -0.2) is 14.7 Å². The van der Waals surface area contributed by atoms with Gasteiger partial charge in [-0.05, 0) is 18.8 Å². The second-order valence-corrected chi connectivity index (χ2v) is 8.11. The van der Waals surface area contributed by atoms with Crippen LogP contribution in [-0.2, 0) is 14.4 Å². The van der Waals surface area contributed by atoms with Gasteiger partial charge in [0.1, 0.15) is 0 Å². The van der Waals surface area contributed by atoms with Crippen LogP contribution in [0, 0.1) is 11.8 Å². The fraction of sp³-hybridized carbons (Fsp3) is 0.789. The molecule has 1 aliphatic heterocycles. The Labute approximate surface area is 170 Å². The molecule has 29 heavy (non-hydrogen) atoms. The van der Waals surface area contributed by atoms with E-state index in [1.807, 2.05) is 0 Å². The first-order valence-corrected chi connectivity index (χ1v) is 10.4. The maximum atomic E-state index is 13.7. The van der Waals surface area contributed by atoms with Gasteiger partial charge in [-0.15, -0.1) is 0 Å². The van der Waals surface area contributed by atoms with E-state index in [4.69, 9.17) is 10.8 Å². The number of imide groups is 1. The quantitative estimate of drug-likeness (QED) is 0.131. The maximum Gasteiger partial charge on any atom is 0.424 e. The molecule has 10 heteroatoms. The summed E-state index contributed by atoms with van der Waals surface area (Å²) in [4.78, 5) is 49.9. The van der Waals surface area contributed by atoms with Gasteiger partial charge in [-0.1, -0.05) is 25.7 Å². The van der Waals surface area contributed by atoms with Gasteiger partial charge in [0.05, 0.1) is 19.0 Å². The second kappa shape index (κ2) is 10.7. The molecule has 1 unspecified atom stereocenters. The molecular formula is C19H33N4O6+. The highest BCUT2D eigenvalue weighted by atomic mass is 16.5. The number of primary amides is 1. The van der Waals surface area contributed by atoms with Gasteiger partial charge >= 0.3 is 11.9 Å². The normalized spacial score (nSPS) is 25.5. The molecule has 3 atom stereocenters. The van der Waals surface area contributed by atoms with E-state index >= 15 is 0 Å². The minimum atomic E-state index is -0.980. The Morgan fingerprint density at radius 2 is 1.90 bits per heavy atom. The van der Waals surface area contributed by atoms with Crippen LogP contribution in [0.1, 0.15) is 51.4 Å². The fourth-order valence-corrected chi connectivity index (χ4v) is 4.79. The summed E-state index contributed by atoms with van der Waals surface area (Å²) in [6.07, 6.45) is 5.84. The van der Waals surface area contributed by atoms with Gasteiger partial charge in [0.2, 0.25) is 6.41 Å². The number of nitrogens with two attached hydrogens (primary N) is 1. The number of aliphatic hydroxyl groups excluding tert-OH is 1. The summed E-state index contributed by atoms with van der Waals surface area (Å²) >= 11 is 0. The van der Waals surface area contributed by atoms with E-state index < -0.39 is 34.3 Å². The Morgan fingerprint density at radius 1 is 1.21 bits per heavy atom. The summed E-state index contributed by atoms with van der Waals surface area (Å²) in [6.45, 7) is -0.0300. The first kappa shape index (κ1) is 23.2. The second-order valence-electron chi connectivity index (χ2n) is 8.11. The number of hydrogen-bond acceptors (Lipinski definition) is 6. The van der Waals surface area contributed by atoms with Crippen LogP contribution in [0.2, 0.25) is 0 Å². The molecule has 2 rings (SSSR count). The van der Waals surface area contributed by atoms with Crippen molar-refractivity contribution in [1.29, 1.82) is 0 Å². The van der Waals surface area contributed by atoms with E-state index in [-0.39, 0.29) is 38.6 Å². The number of aliphatic hydroxyl groups is 1. The zero-order valence-electron chi connectivity index (χ0n) is 16.8. The number of quaternary nitrogens is 1. The van der Waals surface area contributed by atoms with Crippen molar-refractivity contribution in [3.05, 3.63) is 0 Å². The van der Waals surface area contributed by atoms with Crippen molar-refractivity contribution < 1.29 is 34.0 Å². The average molecular weight is 413 g/mol. The van der Waals surface area contributed by atoms with Gasteiger partial charge in [0.15, 0.2) is 6.04 Å². The zero-order chi connectivity index (χ0) is 21.4. The lowest BCUT2D eigenvalue weighted by molar-refractivity contribution is -0.779. The predicted molar refractivity (Wildman–Crippen MR) is 102 cm³/mol. The van der Waals surface area contributed by atoms with Gasteiger partial charge < -0.3 is 16.2 Å². The topological polar surface area (TPSA) is 150 Å². The van der Waals surface area contributed by atoms with Crippen molar-refractivity contribution >= 4 is 24.3 Å². The lowest BCUT2D eigenvalue weighted by Gasteiger charge is -2.36. The Morgan fingerprint density at radius 3 is 2.48 bits per heavy atom. The standard InChI is InChI=1S/C19H32N4O6/c20-17(26)16-7-3-9-23(16,19(28)21-8-4-10-24)18(27)15(12-22(29)13-25)11-14-5-1-2-6-14/h13-16,24,29H,1-12H2,(H2-,20,21,26,28)/p+1/t15-,16+,23?/m1/s1. The van der Waals surface area contributed by atoms with Crippen molar-refractivity contribution in [3.8, 4) is 0 Å². The van der Waals surface area contributed by atoms with Gasteiger partial charge in [0, 0.05) is 26.0 Å². The highest BCUT2D eigenvalue weighted by Crippen LogP contribution is 2.35. The Hall–Kier alpha value is -2.04. The number of amides is 5. The molecule has 5 N–H and O–H groups in total. The van der Waals surface area contributed by atoms with Crippen molar-refractivity contribution in [2.24, 2.45) is 17.6 Å². The first-order valence-electron chi connectivity index (χ1n) is 10.4. The highest BCUT2D eigenvalue weighted by Gasteiger charge is 2.58. The monoisotopic (exact) mass is 413 g/mol. The summed E-state index contributed by atoms with van der Waals surface area (Å²) in [5, 5.41) is 21.8. The number of nitrogens with one attached hydrogen (secondary N) is 1. The van der Waals surface area contributed by atoms with Crippen LogP contribution in [-0.4, -0.2) is 76.4 Å². The molecule has 0 aromatic rings. The number of carbonyl (C=O) groups is 4. The van der Waals surface area contributed by atoms with Crippen LogP contribution in [0.3, 0.4) is 0 Å². The molecule has 5 amide bonds. The van der Waals surface area contributed by atoms with Crippen LogP contribution in [0.4, 0.5) is 4.79 Å². The van der Waals surface area contributed by atoms with Crippen molar-refractivity contribution in [2.75, 3.05) is 26.2 Å². The number of likely N-dealkylation sites (tertiary alicyclic amines) is 1. The third-order valence-corrected chi connectivity index (χ3v) is 6.19. The van der Waals surface area contributed by atoms with Crippen molar-refractivity contribution in [1.82, 2.24) is 10.4 Å². The predicted octanol–water partition coefficient (Wildman–Crippen LogP) is 0.114. The number of nitrogens with zero attached hydrogens (tertiary/aromatic N) is 2. The van der Waals surface area contributed by atoms with E-state index in [9.17, 15) is 24.4 Å².